The van der Waals surface area contributed by atoms with Crippen molar-refractivity contribution in [3.63, 3.8) is 0 Å². The van der Waals surface area contributed by atoms with Crippen molar-refractivity contribution in [3.8, 4) is 0 Å². The van der Waals surface area contributed by atoms with Gasteiger partial charge in [-0.1, -0.05) is 0 Å². The zero-order chi connectivity index (χ0) is 12.9. The predicted octanol–water partition coefficient (Wildman–Crippen LogP) is 1.98. The van der Waals surface area contributed by atoms with Crippen molar-refractivity contribution >= 4 is 6.09 Å². The zero-order valence-electron chi connectivity index (χ0n) is 10.7. The van der Waals surface area contributed by atoms with Crippen LogP contribution in [0.15, 0.2) is 0 Å². The van der Waals surface area contributed by atoms with E-state index in [1.807, 2.05) is 20.8 Å². The maximum Gasteiger partial charge on any atom is 0.408 e. The maximum absolute atomic E-state index is 11.7. The summed E-state index contributed by atoms with van der Waals surface area (Å²) in [6.45, 7) is 13.8. The van der Waals surface area contributed by atoms with Crippen LogP contribution in [-0.4, -0.2) is 37.0 Å². The van der Waals surface area contributed by atoms with Crippen molar-refractivity contribution in [2.45, 2.75) is 44.8 Å². The molecule has 0 aliphatic carbocycles. The summed E-state index contributed by atoms with van der Waals surface area (Å²) in [5, 5.41) is 2.85. The molecule has 1 saturated heterocycles. The van der Waals surface area contributed by atoms with E-state index in [4.69, 9.17) is 16.0 Å². The summed E-state index contributed by atoms with van der Waals surface area (Å²) in [6.07, 6.45) is 0.908. The molecule has 96 valence electrons. The first-order valence-corrected chi connectivity index (χ1v) is 5.79. The molecule has 1 aliphatic rings. The first-order valence-electron chi connectivity index (χ1n) is 5.79. The second-order valence-electron chi connectivity index (χ2n) is 5.34. The fraction of sp³-hybridized carbons (Fsp3) is 0.833. The molecule has 1 atom stereocenters. The van der Waals surface area contributed by atoms with Crippen LogP contribution in [0.25, 0.3) is 4.85 Å². The fourth-order valence-electron chi connectivity index (χ4n) is 1.76. The number of ether oxygens (including phenoxy) is 2. The van der Waals surface area contributed by atoms with Gasteiger partial charge in [0.1, 0.15) is 5.60 Å². The molecule has 0 aromatic rings. The topological polar surface area (TPSA) is 51.9 Å². The van der Waals surface area contributed by atoms with Crippen LogP contribution in [0.3, 0.4) is 0 Å². The molecule has 1 aliphatic heterocycles. The van der Waals surface area contributed by atoms with Crippen molar-refractivity contribution in [1.29, 1.82) is 0 Å². The lowest BCUT2D eigenvalue weighted by Crippen LogP contribution is -2.51. The predicted molar refractivity (Wildman–Crippen MR) is 63.6 cm³/mol. The summed E-state index contributed by atoms with van der Waals surface area (Å²) in [7, 11) is 0. The van der Waals surface area contributed by atoms with Gasteiger partial charge in [-0.3, -0.25) is 0 Å². The standard InChI is InChI=1S/C12H20N2O3/c1-11(2,3)17-10(15)14-12(5-7-13-4)6-8-16-9-12/h5-9H2,1-3H3,(H,14,15). The largest absolute Gasteiger partial charge is 0.444 e. The fourth-order valence-corrected chi connectivity index (χ4v) is 1.76. The zero-order valence-corrected chi connectivity index (χ0v) is 10.7. The molecule has 17 heavy (non-hydrogen) atoms. The van der Waals surface area contributed by atoms with Crippen LogP contribution in [-0.2, 0) is 9.47 Å². The molecular weight excluding hydrogens is 220 g/mol. The minimum Gasteiger partial charge on any atom is -0.444 e. The highest BCUT2D eigenvalue weighted by Crippen LogP contribution is 2.23. The Labute approximate surface area is 102 Å². The molecule has 1 unspecified atom stereocenters. The van der Waals surface area contributed by atoms with Crippen LogP contribution in [0.2, 0.25) is 0 Å². The van der Waals surface area contributed by atoms with E-state index in [0.29, 0.717) is 26.2 Å². The van der Waals surface area contributed by atoms with Gasteiger partial charge in [0.15, 0.2) is 0 Å². The molecule has 0 saturated carbocycles. The van der Waals surface area contributed by atoms with Gasteiger partial charge in [-0.25, -0.2) is 11.4 Å². The first kappa shape index (κ1) is 13.8. The summed E-state index contributed by atoms with van der Waals surface area (Å²) < 4.78 is 10.5. The summed E-state index contributed by atoms with van der Waals surface area (Å²) in [4.78, 5) is 15.0. The normalized spacial score (nSPS) is 24.1. The highest BCUT2D eigenvalue weighted by atomic mass is 16.6. The van der Waals surface area contributed by atoms with Gasteiger partial charge < -0.3 is 19.6 Å². The number of carbonyl (C=O) groups excluding carboxylic acids is 1. The third-order valence-electron chi connectivity index (χ3n) is 2.57. The lowest BCUT2D eigenvalue weighted by molar-refractivity contribution is 0.0436. The van der Waals surface area contributed by atoms with Gasteiger partial charge in [0, 0.05) is 13.0 Å². The summed E-state index contributed by atoms with van der Waals surface area (Å²) in [5.74, 6) is 0. The van der Waals surface area contributed by atoms with Gasteiger partial charge in [-0.15, -0.1) is 0 Å². The lowest BCUT2D eigenvalue weighted by Gasteiger charge is -2.29. The molecule has 1 rings (SSSR count). The van der Waals surface area contributed by atoms with Crippen LogP contribution < -0.4 is 5.32 Å². The molecule has 0 aromatic heterocycles. The van der Waals surface area contributed by atoms with Crippen molar-refractivity contribution in [2.24, 2.45) is 0 Å². The molecule has 1 N–H and O–H groups in total. The summed E-state index contributed by atoms with van der Waals surface area (Å²) >= 11 is 0. The van der Waals surface area contributed by atoms with E-state index in [0.717, 1.165) is 6.42 Å². The Morgan fingerprint density at radius 1 is 1.59 bits per heavy atom. The Bertz CT molecular complexity index is 309. The van der Waals surface area contributed by atoms with E-state index in [1.165, 1.54) is 0 Å². The molecule has 0 radical (unpaired) electrons. The van der Waals surface area contributed by atoms with Gasteiger partial charge in [0.2, 0.25) is 6.54 Å². The second kappa shape index (κ2) is 5.37. The molecule has 1 heterocycles. The van der Waals surface area contributed by atoms with E-state index in [1.54, 1.807) is 0 Å². The number of alkyl carbamates (subject to hydrolysis) is 1. The molecule has 0 bridgehead atoms. The van der Waals surface area contributed by atoms with Crippen molar-refractivity contribution in [3.05, 3.63) is 11.4 Å². The van der Waals surface area contributed by atoms with Crippen LogP contribution in [0.5, 0.6) is 0 Å². The Hall–Kier alpha value is -1.28. The smallest absolute Gasteiger partial charge is 0.408 e. The number of carbonyl (C=O) groups is 1. The van der Waals surface area contributed by atoms with Crippen LogP contribution in [0.4, 0.5) is 4.79 Å². The molecule has 0 spiro atoms. The van der Waals surface area contributed by atoms with Crippen LogP contribution in [0.1, 0.15) is 33.6 Å². The van der Waals surface area contributed by atoms with Gasteiger partial charge >= 0.3 is 6.09 Å². The molecule has 0 aromatic carbocycles. The highest BCUT2D eigenvalue weighted by molar-refractivity contribution is 5.68. The second-order valence-corrected chi connectivity index (χ2v) is 5.34. The SMILES string of the molecule is [C-]#[N+]CCC1(NC(=O)OC(C)(C)C)CCOC1. The van der Waals surface area contributed by atoms with Gasteiger partial charge in [0.25, 0.3) is 0 Å². The Morgan fingerprint density at radius 2 is 2.29 bits per heavy atom. The number of amides is 1. The Balaban J connectivity index is 2.55. The van der Waals surface area contributed by atoms with E-state index < -0.39 is 17.2 Å². The Morgan fingerprint density at radius 3 is 2.76 bits per heavy atom. The molecule has 5 nitrogen and oxygen atoms in total. The number of rotatable bonds is 3. The average Bonchev–Trinajstić information content (AvgIpc) is 2.60. The monoisotopic (exact) mass is 240 g/mol. The molecular formula is C12H20N2O3. The molecule has 5 heteroatoms. The third kappa shape index (κ3) is 4.61. The van der Waals surface area contributed by atoms with Gasteiger partial charge in [-0.2, -0.15) is 0 Å². The van der Waals surface area contributed by atoms with E-state index in [-0.39, 0.29) is 0 Å². The molecule has 1 amide bonds. The minimum absolute atomic E-state index is 0.388. The number of hydrogen-bond donors (Lipinski definition) is 1. The van der Waals surface area contributed by atoms with Gasteiger partial charge in [0.05, 0.1) is 12.1 Å². The number of hydrogen-bond acceptors (Lipinski definition) is 3. The van der Waals surface area contributed by atoms with Crippen molar-refractivity contribution < 1.29 is 14.3 Å². The van der Waals surface area contributed by atoms with E-state index >= 15 is 0 Å². The minimum atomic E-state index is -0.509. The van der Waals surface area contributed by atoms with Crippen LogP contribution in [0, 0.1) is 6.57 Å². The summed E-state index contributed by atoms with van der Waals surface area (Å²) in [6, 6.07) is 0. The van der Waals surface area contributed by atoms with Crippen LogP contribution >= 0.6 is 0 Å². The van der Waals surface area contributed by atoms with Crippen molar-refractivity contribution in [2.75, 3.05) is 19.8 Å². The Kier molecular flexibility index (Phi) is 4.35. The van der Waals surface area contributed by atoms with Crippen molar-refractivity contribution in [1.82, 2.24) is 5.32 Å². The third-order valence-corrected chi connectivity index (χ3v) is 2.57. The van der Waals surface area contributed by atoms with Gasteiger partial charge in [-0.05, 0) is 27.2 Å². The molecule has 1 fully saturated rings. The average molecular weight is 240 g/mol. The maximum atomic E-state index is 11.7. The van der Waals surface area contributed by atoms with E-state index in [2.05, 4.69) is 10.2 Å². The quantitative estimate of drug-likeness (QED) is 0.767. The highest BCUT2D eigenvalue weighted by Gasteiger charge is 2.38. The summed E-state index contributed by atoms with van der Waals surface area (Å²) in [5.41, 5.74) is -0.933. The first-order chi connectivity index (χ1) is 7.87. The van der Waals surface area contributed by atoms with E-state index in [9.17, 15) is 4.79 Å². The number of nitrogens with zero attached hydrogens (tertiary/aromatic N) is 1. The number of nitrogens with one attached hydrogen (secondary N) is 1. The lowest BCUT2D eigenvalue weighted by atomic mass is 9.94.